The van der Waals surface area contributed by atoms with E-state index in [1.165, 1.54) is 0 Å². The van der Waals surface area contributed by atoms with Crippen molar-refractivity contribution in [1.29, 1.82) is 0 Å². The number of nitrogens with zero attached hydrogens (tertiary/aromatic N) is 1. The molecular weight excluding hydrogens is 228 g/mol. The SMILES string of the molecule is O=c1[nH]n(C2CCC2)c2c1CCS(=O)(=O)C2. The Hall–Kier alpha value is -1.04. The maximum absolute atomic E-state index is 11.7. The highest BCUT2D eigenvalue weighted by Gasteiger charge is 2.31. The molecule has 88 valence electrons. The van der Waals surface area contributed by atoms with Crippen LogP contribution < -0.4 is 5.56 Å². The molecule has 1 fully saturated rings. The average molecular weight is 242 g/mol. The van der Waals surface area contributed by atoms with Gasteiger partial charge in [-0.15, -0.1) is 0 Å². The van der Waals surface area contributed by atoms with Gasteiger partial charge < -0.3 is 0 Å². The van der Waals surface area contributed by atoms with Crippen molar-refractivity contribution in [3.8, 4) is 0 Å². The smallest absolute Gasteiger partial charge is 0.267 e. The quantitative estimate of drug-likeness (QED) is 0.773. The van der Waals surface area contributed by atoms with Crippen LogP contribution in [0.15, 0.2) is 4.79 Å². The van der Waals surface area contributed by atoms with Gasteiger partial charge in [-0.1, -0.05) is 0 Å². The number of hydrogen-bond donors (Lipinski definition) is 1. The summed E-state index contributed by atoms with van der Waals surface area (Å²) in [7, 11) is -3.00. The average Bonchev–Trinajstić information content (AvgIpc) is 2.39. The van der Waals surface area contributed by atoms with E-state index in [2.05, 4.69) is 5.10 Å². The van der Waals surface area contributed by atoms with Crippen molar-refractivity contribution in [2.24, 2.45) is 0 Å². The molecule has 1 aliphatic carbocycles. The van der Waals surface area contributed by atoms with Gasteiger partial charge in [-0.2, -0.15) is 0 Å². The number of hydrogen-bond acceptors (Lipinski definition) is 3. The molecule has 0 atom stereocenters. The van der Waals surface area contributed by atoms with Crippen LogP contribution in [0.1, 0.15) is 36.6 Å². The molecule has 0 aromatic carbocycles. The molecule has 6 heteroatoms. The molecule has 1 N–H and O–H groups in total. The van der Waals surface area contributed by atoms with E-state index in [0.29, 0.717) is 23.7 Å². The minimum Gasteiger partial charge on any atom is -0.285 e. The maximum Gasteiger partial charge on any atom is 0.267 e. The zero-order chi connectivity index (χ0) is 11.3. The molecule has 0 unspecified atom stereocenters. The van der Waals surface area contributed by atoms with E-state index in [-0.39, 0.29) is 17.1 Å². The van der Waals surface area contributed by atoms with E-state index in [0.717, 1.165) is 19.3 Å². The Morgan fingerprint density at radius 3 is 2.69 bits per heavy atom. The number of H-pyrrole nitrogens is 1. The molecule has 5 nitrogen and oxygen atoms in total. The predicted octanol–water partition coefficient (Wildman–Crippen LogP) is 0.372. The van der Waals surface area contributed by atoms with Crippen LogP contribution in [-0.2, 0) is 22.0 Å². The Kier molecular flexibility index (Phi) is 2.04. The number of sulfone groups is 1. The van der Waals surface area contributed by atoms with Crippen molar-refractivity contribution in [2.45, 2.75) is 37.5 Å². The second kappa shape index (κ2) is 3.23. The Bertz CT molecular complexity index is 578. The van der Waals surface area contributed by atoms with E-state index in [1.807, 2.05) is 0 Å². The van der Waals surface area contributed by atoms with Gasteiger partial charge in [-0.05, 0) is 25.7 Å². The molecule has 1 saturated carbocycles. The topological polar surface area (TPSA) is 71.9 Å². The number of aromatic amines is 1. The standard InChI is InChI=1S/C10H14N2O3S/c13-10-8-4-5-16(14,15)6-9(8)12(11-10)7-2-1-3-7/h7H,1-6H2,(H,11,13). The van der Waals surface area contributed by atoms with Gasteiger partial charge in [0.15, 0.2) is 9.84 Å². The molecule has 0 saturated heterocycles. The molecule has 0 radical (unpaired) electrons. The third-order valence-corrected chi connectivity index (χ3v) is 5.13. The summed E-state index contributed by atoms with van der Waals surface area (Å²) in [6, 6.07) is 0.310. The summed E-state index contributed by atoms with van der Waals surface area (Å²) in [5.41, 5.74) is 1.29. The molecule has 0 amide bonds. The molecule has 1 aromatic heterocycles. The van der Waals surface area contributed by atoms with Gasteiger partial charge in [-0.25, -0.2) is 8.42 Å². The first kappa shape index (κ1) is 10.1. The van der Waals surface area contributed by atoms with Crippen molar-refractivity contribution >= 4 is 9.84 Å². The van der Waals surface area contributed by atoms with Crippen LogP contribution in [0.5, 0.6) is 0 Å². The third kappa shape index (κ3) is 1.43. The fourth-order valence-corrected chi connectivity index (χ4v) is 3.82. The van der Waals surface area contributed by atoms with Crippen LogP contribution in [0.2, 0.25) is 0 Å². The Balaban J connectivity index is 2.11. The highest BCUT2D eigenvalue weighted by atomic mass is 32.2. The minimum absolute atomic E-state index is 0.0254. The lowest BCUT2D eigenvalue weighted by Crippen LogP contribution is -2.25. The summed E-state index contributed by atoms with van der Waals surface area (Å²) >= 11 is 0. The van der Waals surface area contributed by atoms with E-state index in [1.54, 1.807) is 4.68 Å². The highest BCUT2D eigenvalue weighted by Crippen LogP contribution is 2.33. The summed E-state index contributed by atoms with van der Waals surface area (Å²) in [6.07, 6.45) is 3.60. The second-order valence-electron chi connectivity index (χ2n) is 4.66. The Morgan fingerprint density at radius 2 is 2.06 bits per heavy atom. The summed E-state index contributed by atoms with van der Waals surface area (Å²) in [6.45, 7) is 0. The molecule has 1 aromatic rings. The fraction of sp³-hybridized carbons (Fsp3) is 0.700. The van der Waals surface area contributed by atoms with Gasteiger partial charge in [0.2, 0.25) is 0 Å². The lowest BCUT2D eigenvalue weighted by atomic mass is 9.93. The van der Waals surface area contributed by atoms with Gasteiger partial charge in [0.1, 0.15) is 0 Å². The Labute approximate surface area is 93.4 Å². The first-order valence-corrected chi connectivity index (χ1v) is 7.42. The molecule has 0 bridgehead atoms. The number of rotatable bonds is 1. The van der Waals surface area contributed by atoms with Crippen molar-refractivity contribution in [2.75, 3.05) is 5.75 Å². The Morgan fingerprint density at radius 1 is 1.31 bits per heavy atom. The third-order valence-electron chi connectivity index (χ3n) is 3.59. The van der Waals surface area contributed by atoms with Crippen LogP contribution in [0, 0.1) is 0 Å². The van der Waals surface area contributed by atoms with Crippen molar-refractivity contribution in [3.05, 3.63) is 21.6 Å². The molecule has 0 spiro atoms. The number of fused-ring (bicyclic) bond motifs is 1. The molecular formula is C10H14N2O3S. The fourth-order valence-electron chi connectivity index (χ4n) is 2.43. The summed E-state index contributed by atoms with van der Waals surface area (Å²) in [5, 5.41) is 2.79. The van der Waals surface area contributed by atoms with Crippen LogP contribution in [0.3, 0.4) is 0 Å². The van der Waals surface area contributed by atoms with E-state index in [9.17, 15) is 13.2 Å². The maximum atomic E-state index is 11.7. The molecule has 1 aliphatic heterocycles. The van der Waals surface area contributed by atoms with Gasteiger partial charge in [0.05, 0.1) is 23.2 Å². The van der Waals surface area contributed by atoms with E-state index >= 15 is 0 Å². The highest BCUT2D eigenvalue weighted by molar-refractivity contribution is 7.90. The largest absolute Gasteiger partial charge is 0.285 e. The van der Waals surface area contributed by atoms with Crippen LogP contribution in [-0.4, -0.2) is 24.0 Å². The first-order chi connectivity index (χ1) is 7.57. The van der Waals surface area contributed by atoms with E-state index < -0.39 is 9.84 Å². The van der Waals surface area contributed by atoms with Gasteiger partial charge in [0, 0.05) is 5.56 Å². The molecule has 3 rings (SSSR count). The van der Waals surface area contributed by atoms with Gasteiger partial charge >= 0.3 is 0 Å². The van der Waals surface area contributed by atoms with E-state index in [4.69, 9.17) is 0 Å². The zero-order valence-corrected chi connectivity index (χ0v) is 9.72. The van der Waals surface area contributed by atoms with Crippen molar-refractivity contribution in [1.82, 2.24) is 9.78 Å². The minimum atomic E-state index is -3.00. The summed E-state index contributed by atoms with van der Waals surface area (Å²) in [4.78, 5) is 11.7. The zero-order valence-electron chi connectivity index (χ0n) is 8.90. The lowest BCUT2D eigenvalue weighted by Gasteiger charge is -2.29. The monoisotopic (exact) mass is 242 g/mol. The molecule has 2 heterocycles. The van der Waals surface area contributed by atoms with Gasteiger partial charge in [0.25, 0.3) is 5.56 Å². The molecule has 2 aliphatic rings. The van der Waals surface area contributed by atoms with Crippen molar-refractivity contribution < 1.29 is 8.42 Å². The van der Waals surface area contributed by atoms with Gasteiger partial charge in [-0.3, -0.25) is 14.6 Å². The first-order valence-electron chi connectivity index (χ1n) is 5.59. The van der Waals surface area contributed by atoms with Crippen LogP contribution in [0.25, 0.3) is 0 Å². The molecule has 16 heavy (non-hydrogen) atoms. The lowest BCUT2D eigenvalue weighted by molar-refractivity contribution is 0.282. The second-order valence-corrected chi connectivity index (χ2v) is 6.85. The number of aromatic nitrogens is 2. The predicted molar refractivity (Wildman–Crippen MR) is 59.1 cm³/mol. The summed E-state index contributed by atoms with van der Waals surface area (Å²) in [5.74, 6) is 0.134. The normalized spacial score (nSPS) is 23.8. The van der Waals surface area contributed by atoms with Crippen LogP contribution in [0.4, 0.5) is 0 Å². The number of nitrogens with one attached hydrogen (secondary N) is 1. The van der Waals surface area contributed by atoms with Crippen molar-refractivity contribution in [3.63, 3.8) is 0 Å². The van der Waals surface area contributed by atoms with Crippen LogP contribution >= 0.6 is 0 Å². The summed E-state index contributed by atoms with van der Waals surface area (Å²) < 4.78 is 25.0.